The zero-order valence-corrected chi connectivity index (χ0v) is 6.97. The molecule has 2 N–H and O–H groups in total. The molecule has 0 fully saturated rings. The monoisotopic (exact) mass is 221 g/mol. The maximum absolute atomic E-state index is 12.7. The van der Waals surface area contributed by atoms with Gasteiger partial charge in [0.15, 0.2) is 5.82 Å². The summed E-state index contributed by atoms with van der Waals surface area (Å²) in [5.74, 6) is -2.15. The third-order valence-corrected chi connectivity index (χ3v) is 1.36. The lowest BCUT2D eigenvalue weighted by Gasteiger charge is -2.09. The van der Waals surface area contributed by atoms with Gasteiger partial charge in [0.05, 0.1) is 11.9 Å². The number of nitrogen functional groups attached to an aromatic ring is 1. The number of hydrogen-bond donors (Lipinski definition) is 1. The molecule has 1 aromatic rings. The Labute approximate surface area is 80.9 Å². The lowest BCUT2D eigenvalue weighted by atomic mass is 10.2. The second kappa shape index (κ2) is 3.61. The van der Waals surface area contributed by atoms with Gasteiger partial charge < -0.3 is 10.5 Å². The summed E-state index contributed by atoms with van der Waals surface area (Å²) in [6, 6.07) is 1.27. The Morgan fingerprint density at radius 1 is 1.47 bits per heavy atom. The van der Waals surface area contributed by atoms with E-state index in [1.165, 1.54) is 6.07 Å². The lowest BCUT2D eigenvalue weighted by Crippen LogP contribution is -2.19. The van der Waals surface area contributed by atoms with Crippen molar-refractivity contribution in [3.63, 3.8) is 0 Å². The van der Waals surface area contributed by atoms with E-state index in [0.717, 1.165) is 0 Å². The summed E-state index contributed by atoms with van der Waals surface area (Å²) in [6.45, 7) is 0. The molecule has 15 heavy (non-hydrogen) atoms. The summed E-state index contributed by atoms with van der Waals surface area (Å²) in [6.07, 6.45) is -4.57. The van der Waals surface area contributed by atoms with E-state index in [2.05, 4.69) is 9.72 Å². The Kier molecular flexibility index (Phi) is 2.65. The lowest BCUT2D eigenvalue weighted by molar-refractivity contribution is -0.276. The molecule has 0 unspecified atom stereocenters. The Balaban J connectivity index is 3.21. The van der Waals surface area contributed by atoms with Crippen LogP contribution in [-0.2, 0) is 0 Å². The summed E-state index contributed by atoms with van der Waals surface area (Å²) < 4.78 is 51.4. The van der Waals surface area contributed by atoms with Gasteiger partial charge in [0, 0.05) is 0 Å². The highest BCUT2D eigenvalue weighted by molar-refractivity contribution is 5.58. The maximum Gasteiger partial charge on any atom is 0.574 e. The second-order valence-electron chi connectivity index (χ2n) is 2.36. The normalized spacial score (nSPS) is 10.9. The molecule has 0 bridgehead atoms. The van der Waals surface area contributed by atoms with Gasteiger partial charge in [-0.15, -0.1) is 13.2 Å². The molecule has 0 aromatic carbocycles. The largest absolute Gasteiger partial charge is 0.574 e. The van der Waals surface area contributed by atoms with E-state index in [1.807, 2.05) is 0 Å². The minimum absolute atomic E-state index is 0.442. The van der Waals surface area contributed by atoms with E-state index >= 15 is 0 Å². The first-order valence-electron chi connectivity index (χ1n) is 3.45. The van der Waals surface area contributed by atoms with Crippen molar-refractivity contribution in [1.29, 1.82) is 5.26 Å². The first kappa shape index (κ1) is 11.0. The molecular weight excluding hydrogens is 218 g/mol. The number of anilines is 1. The van der Waals surface area contributed by atoms with Crippen molar-refractivity contribution < 1.29 is 22.3 Å². The highest BCUT2D eigenvalue weighted by Gasteiger charge is 2.33. The van der Waals surface area contributed by atoms with Gasteiger partial charge in [-0.1, -0.05) is 0 Å². The first-order chi connectivity index (χ1) is 6.85. The number of nitrogens with two attached hydrogens (primary N) is 1. The average molecular weight is 221 g/mol. The topological polar surface area (TPSA) is 71.9 Å². The van der Waals surface area contributed by atoms with Crippen LogP contribution in [0.25, 0.3) is 0 Å². The SMILES string of the molecule is N#Cc1c(OC(F)(F)F)ncc(F)c1N. The van der Waals surface area contributed by atoms with E-state index in [4.69, 9.17) is 11.0 Å². The van der Waals surface area contributed by atoms with Crippen LogP contribution in [0.1, 0.15) is 5.56 Å². The fourth-order valence-electron chi connectivity index (χ4n) is 0.779. The average Bonchev–Trinajstić information content (AvgIpc) is 2.10. The number of rotatable bonds is 1. The van der Waals surface area contributed by atoms with Crippen LogP contribution in [0.5, 0.6) is 5.88 Å². The van der Waals surface area contributed by atoms with E-state index in [9.17, 15) is 17.6 Å². The molecule has 0 atom stereocenters. The molecule has 4 nitrogen and oxygen atoms in total. The van der Waals surface area contributed by atoms with E-state index < -0.39 is 29.3 Å². The third-order valence-electron chi connectivity index (χ3n) is 1.36. The number of hydrogen-bond acceptors (Lipinski definition) is 4. The highest BCUT2D eigenvalue weighted by Crippen LogP contribution is 2.28. The van der Waals surface area contributed by atoms with Crippen molar-refractivity contribution in [2.75, 3.05) is 5.73 Å². The number of pyridine rings is 1. The predicted octanol–water partition coefficient (Wildman–Crippen LogP) is 1.57. The maximum atomic E-state index is 12.7. The molecule has 80 valence electrons. The molecule has 0 radical (unpaired) electrons. The van der Waals surface area contributed by atoms with Crippen LogP contribution in [0.15, 0.2) is 6.20 Å². The van der Waals surface area contributed by atoms with E-state index in [0.29, 0.717) is 6.20 Å². The summed E-state index contributed by atoms with van der Waals surface area (Å²) in [5.41, 5.74) is 3.51. The van der Waals surface area contributed by atoms with Gasteiger partial charge in [0.2, 0.25) is 5.88 Å². The van der Waals surface area contributed by atoms with Gasteiger partial charge in [0.1, 0.15) is 11.6 Å². The summed E-state index contributed by atoms with van der Waals surface area (Å²) in [5, 5.41) is 8.44. The molecule has 8 heteroatoms. The molecule has 0 saturated heterocycles. The van der Waals surface area contributed by atoms with E-state index in [-0.39, 0.29) is 0 Å². The fourth-order valence-corrected chi connectivity index (χ4v) is 0.779. The van der Waals surface area contributed by atoms with Crippen molar-refractivity contribution in [3.8, 4) is 11.9 Å². The van der Waals surface area contributed by atoms with Crippen LogP contribution >= 0.6 is 0 Å². The van der Waals surface area contributed by atoms with Gasteiger partial charge in [0.25, 0.3) is 0 Å². The predicted molar refractivity (Wildman–Crippen MR) is 40.0 cm³/mol. The number of alkyl halides is 3. The first-order valence-corrected chi connectivity index (χ1v) is 3.45. The summed E-state index contributed by atoms with van der Waals surface area (Å²) in [4.78, 5) is 2.98. The molecule has 1 rings (SSSR count). The minimum Gasteiger partial charge on any atom is -0.395 e. The van der Waals surface area contributed by atoms with Crippen molar-refractivity contribution in [3.05, 3.63) is 17.6 Å². The number of halogens is 4. The van der Waals surface area contributed by atoms with E-state index in [1.54, 1.807) is 0 Å². The van der Waals surface area contributed by atoms with Crippen LogP contribution < -0.4 is 10.5 Å². The van der Waals surface area contributed by atoms with Crippen molar-refractivity contribution in [2.24, 2.45) is 0 Å². The molecule has 0 saturated carbocycles. The number of ether oxygens (including phenoxy) is 1. The smallest absolute Gasteiger partial charge is 0.395 e. The Bertz CT molecular complexity index is 423. The third kappa shape index (κ3) is 2.46. The van der Waals surface area contributed by atoms with Crippen LogP contribution in [0.4, 0.5) is 23.2 Å². The van der Waals surface area contributed by atoms with Gasteiger partial charge in [-0.2, -0.15) is 5.26 Å². The van der Waals surface area contributed by atoms with Crippen LogP contribution in [0, 0.1) is 17.1 Å². The molecule has 0 aliphatic carbocycles. The Morgan fingerprint density at radius 2 is 2.07 bits per heavy atom. The van der Waals surface area contributed by atoms with Gasteiger partial charge in [-0.05, 0) is 0 Å². The van der Waals surface area contributed by atoms with Crippen LogP contribution in [-0.4, -0.2) is 11.3 Å². The number of aromatic nitrogens is 1. The van der Waals surface area contributed by atoms with Crippen LogP contribution in [0.2, 0.25) is 0 Å². The Morgan fingerprint density at radius 3 is 2.53 bits per heavy atom. The Hall–Kier alpha value is -2.04. The second-order valence-corrected chi connectivity index (χ2v) is 2.36. The molecule has 1 heterocycles. The van der Waals surface area contributed by atoms with Crippen LogP contribution in [0.3, 0.4) is 0 Å². The molecule has 0 amide bonds. The van der Waals surface area contributed by atoms with Gasteiger partial charge in [-0.3, -0.25) is 0 Å². The molecule has 0 aliphatic heterocycles. The molecule has 1 aromatic heterocycles. The quantitative estimate of drug-likeness (QED) is 0.730. The fraction of sp³-hybridized carbons (Fsp3) is 0.143. The van der Waals surface area contributed by atoms with Gasteiger partial charge in [-0.25, -0.2) is 9.37 Å². The summed E-state index contributed by atoms with van der Waals surface area (Å²) >= 11 is 0. The van der Waals surface area contributed by atoms with Crippen molar-refractivity contribution in [2.45, 2.75) is 6.36 Å². The van der Waals surface area contributed by atoms with Crippen molar-refractivity contribution in [1.82, 2.24) is 4.98 Å². The van der Waals surface area contributed by atoms with Gasteiger partial charge >= 0.3 is 6.36 Å². The molecular formula is C7H3F4N3O. The minimum atomic E-state index is -5.01. The summed E-state index contributed by atoms with van der Waals surface area (Å²) in [7, 11) is 0. The standard InChI is InChI=1S/C7H3F4N3O/c8-4-2-14-6(15-7(9,10)11)3(1-12)5(4)13/h2H,(H2,13,14). The van der Waals surface area contributed by atoms with Crippen molar-refractivity contribution >= 4 is 5.69 Å². The molecule has 0 spiro atoms. The number of nitrogens with zero attached hydrogens (tertiary/aromatic N) is 2. The zero-order valence-electron chi connectivity index (χ0n) is 6.97. The highest BCUT2D eigenvalue weighted by atomic mass is 19.4. The molecule has 0 aliphatic rings. The zero-order chi connectivity index (χ0) is 11.6. The number of nitriles is 1.